The van der Waals surface area contributed by atoms with Crippen molar-refractivity contribution in [3.63, 3.8) is 0 Å². The molecule has 1 fully saturated rings. The first-order valence-electron chi connectivity index (χ1n) is 7.85. The smallest absolute Gasteiger partial charge is 0.240 e. The van der Waals surface area contributed by atoms with Crippen molar-refractivity contribution >= 4 is 17.7 Å². The van der Waals surface area contributed by atoms with Crippen LogP contribution in [-0.2, 0) is 16.0 Å². The lowest BCUT2D eigenvalue weighted by Crippen LogP contribution is -2.38. The zero-order valence-electron chi connectivity index (χ0n) is 12.6. The van der Waals surface area contributed by atoms with Crippen molar-refractivity contribution in [2.45, 2.75) is 25.0 Å². The van der Waals surface area contributed by atoms with Gasteiger partial charge in [-0.1, -0.05) is 24.3 Å². The molecular formula is C17H23NO2S. The molecule has 0 aromatic heterocycles. The predicted molar refractivity (Wildman–Crippen MR) is 86.5 cm³/mol. The minimum absolute atomic E-state index is 0.0165. The quantitative estimate of drug-likeness (QED) is 0.856. The van der Waals surface area contributed by atoms with E-state index in [1.54, 1.807) is 11.8 Å². The van der Waals surface area contributed by atoms with Crippen molar-refractivity contribution in [2.75, 3.05) is 32.1 Å². The lowest BCUT2D eigenvalue weighted by molar-refractivity contribution is -0.131. The molecule has 3 nitrogen and oxygen atoms in total. The van der Waals surface area contributed by atoms with Gasteiger partial charge in [0.15, 0.2) is 0 Å². The van der Waals surface area contributed by atoms with Gasteiger partial charge in [0, 0.05) is 25.6 Å². The summed E-state index contributed by atoms with van der Waals surface area (Å²) >= 11 is 1.79. The fourth-order valence-corrected chi connectivity index (χ4v) is 4.45. The number of benzene rings is 1. The molecule has 0 N–H and O–H groups in total. The lowest BCUT2D eigenvalue weighted by atomic mass is 10.0. The zero-order valence-corrected chi connectivity index (χ0v) is 13.4. The molecule has 2 unspecified atom stereocenters. The molecule has 0 radical (unpaired) electrons. The van der Waals surface area contributed by atoms with Crippen LogP contribution in [-0.4, -0.2) is 42.9 Å². The third kappa shape index (κ3) is 3.27. The Kier molecular flexibility index (Phi) is 4.86. The van der Waals surface area contributed by atoms with Crippen molar-refractivity contribution in [3.8, 4) is 0 Å². The van der Waals surface area contributed by atoms with Gasteiger partial charge in [0.1, 0.15) is 5.25 Å². The van der Waals surface area contributed by atoms with Crippen LogP contribution in [0.25, 0.3) is 0 Å². The van der Waals surface area contributed by atoms with Crippen molar-refractivity contribution in [2.24, 2.45) is 5.92 Å². The summed E-state index contributed by atoms with van der Waals surface area (Å²) in [4.78, 5) is 15.0. The van der Waals surface area contributed by atoms with Crippen LogP contribution in [0.2, 0.25) is 0 Å². The third-order valence-corrected chi connectivity index (χ3v) is 5.64. The van der Waals surface area contributed by atoms with E-state index < -0.39 is 0 Å². The molecule has 2 atom stereocenters. The minimum Gasteiger partial charge on any atom is -0.381 e. The Balaban J connectivity index is 1.74. The molecule has 1 aromatic rings. The summed E-state index contributed by atoms with van der Waals surface area (Å²) in [5, 5.41) is -0.0165. The second-order valence-corrected chi connectivity index (χ2v) is 7.02. The number of hydrogen-bond donors (Lipinski definition) is 0. The van der Waals surface area contributed by atoms with E-state index in [4.69, 9.17) is 4.74 Å². The Morgan fingerprint density at radius 1 is 1.43 bits per heavy atom. The van der Waals surface area contributed by atoms with Gasteiger partial charge in [0.05, 0.1) is 6.61 Å². The summed E-state index contributed by atoms with van der Waals surface area (Å²) in [6, 6.07) is 8.41. The number of rotatable bonds is 4. The number of likely N-dealkylation sites (N-methyl/N-ethyl adjacent to an activating group) is 1. The van der Waals surface area contributed by atoms with Crippen LogP contribution in [0.3, 0.4) is 0 Å². The summed E-state index contributed by atoms with van der Waals surface area (Å²) in [7, 11) is 0. The Morgan fingerprint density at radius 3 is 3.05 bits per heavy atom. The summed E-state index contributed by atoms with van der Waals surface area (Å²) < 4.78 is 5.44. The summed E-state index contributed by atoms with van der Waals surface area (Å²) in [5.41, 5.74) is 2.56. The van der Waals surface area contributed by atoms with E-state index in [2.05, 4.69) is 25.1 Å². The number of thioether (sulfide) groups is 1. The van der Waals surface area contributed by atoms with Gasteiger partial charge in [-0.25, -0.2) is 0 Å². The van der Waals surface area contributed by atoms with E-state index in [0.717, 1.165) is 44.9 Å². The molecule has 4 heteroatoms. The monoisotopic (exact) mass is 305 g/mol. The fourth-order valence-electron chi connectivity index (χ4n) is 3.18. The first-order chi connectivity index (χ1) is 10.3. The maximum absolute atomic E-state index is 12.9. The molecule has 0 bridgehead atoms. The average molecular weight is 305 g/mol. The summed E-state index contributed by atoms with van der Waals surface area (Å²) in [6.45, 7) is 5.35. The topological polar surface area (TPSA) is 29.5 Å². The molecule has 0 saturated carbocycles. The standard InChI is InChI=1S/C17H23NO2S/c1-2-18(11-13-7-9-20-12-13)17(19)16-15-6-4-3-5-14(15)8-10-21-16/h3-6,13,16H,2,7-12H2,1H3. The van der Waals surface area contributed by atoms with E-state index in [0.29, 0.717) is 5.92 Å². The van der Waals surface area contributed by atoms with Gasteiger partial charge in [-0.2, -0.15) is 0 Å². The van der Waals surface area contributed by atoms with Crippen molar-refractivity contribution in [1.82, 2.24) is 4.90 Å². The molecule has 3 rings (SSSR count). The number of hydrogen-bond acceptors (Lipinski definition) is 3. The van der Waals surface area contributed by atoms with Gasteiger partial charge >= 0.3 is 0 Å². The second kappa shape index (κ2) is 6.84. The SMILES string of the molecule is CCN(CC1CCOC1)C(=O)C1SCCc2ccccc21. The number of nitrogens with zero attached hydrogens (tertiary/aromatic N) is 1. The fraction of sp³-hybridized carbons (Fsp3) is 0.588. The second-order valence-electron chi connectivity index (χ2n) is 5.81. The van der Waals surface area contributed by atoms with Gasteiger partial charge in [0.2, 0.25) is 5.91 Å². The van der Waals surface area contributed by atoms with Crippen molar-refractivity contribution < 1.29 is 9.53 Å². The number of carbonyl (C=O) groups is 1. The Labute approximate surface area is 131 Å². The van der Waals surface area contributed by atoms with E-state index in [1.807, 2.05) is 11.0 Å². The Bertz CT molecular complexity index is 499. The number of ether oxygens (including phenoxy) is 1. The lowest BCUT2D eigenvalue weighted by Gasteiger charge is -2.31. The Hall–Kier alpha value is -1.00. The predicted octanol–water partition coefficient (Wildman–Crippen LogP) is 2.90. The highest BCUT2D eigenvalue weighted by Gasteiger charge is 2.31. The largest absolute Gasteiger partial charge is 0.381 e. The molecule has 2 heterocycles. The number of fused-ring (bicyclic) bond motifs is 1. The Morgan fingerprint density at radius 2 is 2.29 bits per heavy atom. The van der Waals surface area contributed by atoms with Crippen LogP contribution in [0, 0.1) is 5.92 Å². The zero-order chi connectivity index (χ0) is 14.7. The van der Waals surface area contributed by atoms with Crippen molar-refractivity contribution in [1.29, 1.82) is 0 Å². The normalized spacial score (nSPS) is 24.6. The average Bonchev–Trinajstić information content (AvgIpc) is 3.04. The number of amides is 1. The van der Waals surface area contributed by atoms with Crippen molar-refractivity contribution in [3.05, 3.63) is 35.4 Å². The van der Waals surface area contributed by atoms with Crippen LogP contribution in [0.1, 0.15) is 29.7 Å². The first-order valence-corrected chi connectivity index (χ1v) is 8.90. The molecule has 114 valence electrons. The van der Waals surface area contributed by atoms with E-state index in [-0.39, 0.29) is 11.2 Å². The van der Waals surface area contributed by atoms with Crippen LogP contribution < -0.4 is 0 Å². The first kappa shape index (κ1) is 14.9. The van der Waals surface area contributed by atoms with Gasteiger partial charge < -0.3 is 9.64 Å². The highest BCUT2D eigenvalue weighted by atomic mass is 32.2. The summed E-state index contributed by atoms with van der Waals surface area (Å²) in [6.07, 6.45) is 2.16. The van der Waals surface area contributed by atoms with Crippen LogP contribution in [0.4, 0.5) is 0 Å². The number of carbonyl (C=O) groups excluding carboxylic acids is 1. The van der Waals surface area contributed by atoms with E-state index in [9.17, 15) is 4.79 Å². The summed E-state index contributed by atoms with van der Waals surface area (Å²) in [5.74, 6) is 1.83. The molecule has 21 heavy (non-hydrogen) atoms. The molecule has 1 aromatic carbocycles. The number of aryl methyl sites for hydroxylation is 1. The molecule has 0 aliphatic carbocycles. The van der Waals surface area contributed by atoms with Gasteiger partial charge in [-0.3, -0.25) is 4.79 Å². The van der Waals surface area contributed by atoms with Crippen LogP contribution >= 0.6 is 11.8 Å². The highest BCUT2D eigenvalue weighted by Crippen LogP contribution is 2.38. The maximum atomic E-state index is 12.9. The molecule has 0 spiro atoms. The van der Waals surface area contributed by atoms with Gasteiger partial charge in [-0.05, 0) is 36.6 Å². The van der Waals surface area contributed by atoms with E-state index >= 15 is 0 Å². The third-order valence-electron chi connectivity index (χ3n) is 4.41. The minimum atomic E-state index is -0.0165. The molecular weight excluding hydrogens is 282 g/mol. The van der Waals surface area contributed by atoms with E-state index in [1.165, 1.54) is 11.1 Å². The highest BCUT2D eigenvalue weighted by molar-refractivity contribution is 8.00. The maximum Gasteiger partial charge on any atom is 0.240 e. The molecule has 1 amide bonds. The molecule has 2 aliphatic heterocycles. The van der Waals surface area contributed by atoms with Gasteiger partial charge in [-0.15, -0.1) is 11.8 Å². The van der Waals surface area contributed by atoms with Crippen LogP contribution in [0.5, 0.6) is 0 Å². The molecule has 1 saturated heterocycles. The molecule has 2 aliphatic rings. The van der Waals surface area contributed by atoms with Crippen LogP contribution in [0.15, 0.2) is 24.3 Å². The van der Waals surface area contributed by atoms with Gasteiger partial charge in [0.25, 0.3) is 0 Å².